The largest absolute Gasteiger partial charge is 0.416 e. The molecule has 1 atom stereocenters. The van der Waals surface area contributed by atoms with Crippen LogP contribution < -0.4 is 5.32 Å². The van der Waals surface area contributed by atoms with Gasteiger partial charge in [0.2, 0.25) is 0 Å². The highest BCUT2D eigenvalue weighted by molar-refractivity contribution is 5.85. The maximum Gasteiger partial charge on any atom is 0.416 e. The fraction of sp³-hybridized carbons (Fsp3) is 0.370. The summed E-state index contributed by atoms with van der Waals surface area (Å²) in [7, 11) is 0. The number of nitrogens with one attached hydrogen (secondary N) is 1. The molecule has 1 amide bonds. The van der Waals surface area contributed by atoms with Crippen molar-refractivity contribution in [3.8, 4) is 0 Å². The molecular weight excluding hydrogens is 384 g/mol. The van der Waals surface area contributed by atoms with Crippen molar-refractivity contribution in [1.29, 1.82) is 0 Å². The Bertz CT molecular complexity index is 988. The zero-order valence-electron chi connectivity index (χ0n) is 18.9. The zero-order valence-corrected chi connectivity index (χ0v) is 18.9. The van der Waals surface area contributed by atoms with Crippen LogP contribution in [0.1, 0.15) is 51.2 Å². The van der Waals surface area contributed by atoms with E-state index in [2.05, 4.69) is 74.3 Å². The van der Waals surface area contributed by atoms with Gasteiger partial charge in [-0.25, -0.2) is 4.79 Å². The second-order valence-electron chi connectivity index (χ2n) is 9.60. The highest BCUT2D eigenvalue weighted by atomic mass is 16.6. The van der Waals surface area contributed by atoms with Crippen molar-refractivity contribution in [2.75, 3.05) is 11.9 Å². The molecule has 1 N–H and O–H groups in total. The van der Waals surface area contributed by atoms with E-state index in [1.165, 1.54) is 16.8 Å². The van der Waals surface area contributed by atoms with Gasteiger partial charge in [-0.3, -0.25) is 5.32 Å². The summed E-state index contributed by atoms with van der Waals surface area (Å²) in [5, 5.41) is 2.84. The number of anilines is 1. The molecule has 0 radical (unpaired) electrons. The molecule has 1 fully saturated rings. The van der Waals surface area contributed by atoms with E-state index in [1.807, 2.05) is 30.3 Å². The molecule has 162 valence electrons. The number of benzene rings is 2. The smallest absolute Gasteiger partial charge is 0.415 e. The van der Waals surface area contributed by atoms with Crippen LogP contribution >= 0.6 is 0 Å². The molecule has 4 nitrogen and oxygen atoms in total. The van der Waals surface area contributed by atoms with Crippen LogP contribution in [0.2, 0.25) is 0 Å². The lowest BCUT2D eigenvalue weighted by atomic mass is 9.77. The van der Waals surface area contributed by atoms with Crippen molar-refractivity contribution in [3.63, 3.8) is 0 Å². The number of likely N-dealkylation sites (tertiary alicyclic amines) is 1. The number of carbonyl (C=O) groups excluding carboxylic acids is 1. The molecule has 0 bridgehead atoms. The number of ether oxygens (including phenoxy) is 1. The fourth-order valence-corrected chi connectivity index (χ4v) is 4.60. The summed E-state index contributed by atoms with van der Waals surface area (Å²) >= 11 is 0. The zero-order chi connectivity index (χ0) is 22.0. The van der Waals surface area contributed by atoms with Crippen molar-refractivity contribution in [3.05, 3.63) is 89.3 Å². The Morgan fingerprint density at radius 2 is 1.81 bits per heavy atom. The Labute approximate surface area is 185 Å². The van der Waals surface area contributed by atoms with Crippen molar-refractivity contribution in [2.45, 2.75) is 46.6 Å². The summed E-state index contributed by atoms with van der Waals surface area (Å²) in [5.74, 6) is 1.53. The highest BCUT2D eigenvalue weighted by Crippen LogP contribution is 2.48. The lowest BCUT2D eigenvalue weighted by molar-refractivity contribution is 0.178. The van der Waals surface area contributed by atoms with Crippen LogP contribution in [-0.2, 0) is 11.3 Å². The lowest BCUT2D eigenvalue weighted by Crippen LogP contribution is -2.24. The van der Waals surface area contributed by atoms with Crippen molar-refractivity contribution < 1.29 is 9.53 Å². The van der Waals surface area contributed by atoms with E-state index in [0.29, 0.717) is 11.8 Å². The minimum Gasteiger partial charge on any atom is -0.415 e. The second kappa shape index (κ2) is 8.62. The Morgan fingerprint density at radius 3 is 2.48 bits per heavy atom. The molecule has 1 aliphatic heterocycles. The third kappa shape index (κ3) is 4.84. The molecule has 1 saturated heterocycles. The van der Waals surface area contributed by atoms with E-state index in [4.69, 9.17) is 4.74 Å². The maximum absolute atomic E-state index is 12.5. The highest BCUT2D eigenvalue weighted by Gasteiger charge is 2.44. The first-order chi connectivity index (χ1) is 14.8. The van der Waals surface area contributed by atoms with Gasteiger partial charge in [-0.1, -0.05) is 70.2 Å². The number of hydrogen-bond donors (Lipinski definition) is 1. The normalized spacial score (nSPS) is 19.5. The van der Waals surface area contributed by atoms with Crippen LogP contribution in [0.15, 0.2) is 78.2 Å². The predicted molar refractivity (Wildman–Crippen MR) is 126 cm³/mol. The van der Waals surface area contributed by atoms with Gasteiger partial charge in [-0.2, -0.15) is 0 Å². The minimum absolute atomic E-state index is 0.118. The summed E-state index contributed by atoms with van der Waals surface area (Å²) < 4.78 is 5.68. The minimum atomic E-state index is -0.433. The van der Waals surface area contributed by atoms with Gasteiger partial charge in [0.05, 0.1) is 0 Å². The average Bonchev–Trinajstić information content (AvgIpc) is 2.98. The molecular formula is C27H32N2O2. The third-order valence-electron chi connectivity index (χ3n) is 6.37. The maximum atomic E-state index is 12.5. The van der Waals surface area contributed by atoms with E-state index in [-0.39, 0.29) is 5.41 Å². The number of carbonyl (C=O) groups is 1. The van der Waals surface area contributed by atoms with Gasteiger partial charge in [0.25, 0.3) is 0 Å². The molecule has 2 aromatic carbocycles. The van der Waals surface area contributed by atoms with Gasteiger partial charge in [-0.15, -0.1) is 0 Å². The summed E-state index contributed by atoms with van der Waals surface area (Å²) in [6, 6.07) is 18.5. The Hall–Kier alpha value is -3.01. The monoisotopic (exact) mass is 416 g/mol. The molecule has 1 aliphatic carbocycles. The van der Waals surface area contributed by atoms with E-state index in [9.17, 15) is 4.79 Å². The summed E-state index contributed by atoms with van der Waals surface area (Å²) in [6.07, 6.45) is 4.39. The van der Waals surface area contributed by atoms with Crippen LogP contribution in [0.4, 0.5) is 10.5 Å². The van der Waals surface area contributed by atoms with Gasteiger partial charge in [0.15, 0.2) is 0 Å². The first kappa shape index (κ1) is 21.2. The van der Waals surface area contributed by atoms with E-state index >= 15 is 0 Å². The molecule has 1 heterocycles. The van der Waals surface area contributed by atoms with E-state index in [1.54, 1.807) is 0 Å². The molecule has 31 heavy (non-hydrogen) atoms. The lowest BCUT2D eigenvalue weighted by Gasteiger charge is -2.28. The molecule has 4 rings (SSSR count). The number of hydrogen-bond acceptors (Lipinski definition) is 3. The molecule has 0 saturated carbocycles. The van der Waals surface area contributed by atoms with Crippen LogP contribution in [0.3, 0.4) is 0 Å². The second-order valence-corrected chi connectivity index (χ2v) is 9.60. The Kier molecular flexibility index (Phi) is 5.90. The molecule has 0 spiro atoms. The average molecular weight is 417 g/mol. The first-order valence-corrected chi connectivity index (χ1v) is 11.1. The standard InChI is InChI=1S/C27H32N2O2/c1-19(2)21-10-12-22(13-11-21)28-26(30)31-23-14-15-25-24(16-23)27(3,4)18-29(25)17-20-8-6-5-7-9-20/h5-15,19,24H,16-18H2,1-4H3,(H,28,30). The molecule has 1 unspecified atom stereocenters. The van der Waals surface area contributed by atoms with Crippen molar-refractivity contribution in [2.24, 2.45) is 11.3 Å². The van der Waals surface area contributed by atoms with Gasteiger partial charge in [-0.05, 0) is 46.7 Å². The number of rotatable bonds is 5. The number of fused-ring (bicyclic) bond motifs is 1. The van der Waals surface area contributed by atoms with Crippen LogP contribution in [-0.4, -0.2) is 17.5 Å². The summed E-state index contributed by atoms with van der Waals surface area (Å²) in [5.41, 5.74) is 4.76. The van der Waals surface area contributed by atoms with Crippen molar-refractivity contribution in [1.82, 2.24) is 4.90 Å². The number of amides is 1. The van der Waals surface area contributed by atoms with Gasteiger partial charge < -0.3 is 9.64 Å². The summed E-state index contributed by atoms with van der Waals surface area (Å²) in [4.78, 5) is 14.9. The van der Waals surface area contributed by atoms with E-state index < -0.39 is 6.09 Å². The molecule has 2 aromatic rings. The van der Waals surface area contributed by atoms with E-state index in [0.717, 1.165) is 31.0 Å². The van der Waals surface area contributed by atoms with Gasteiger partial charge in [0.1, 0.15) is 5.76 Å². The third-order valence-corrected chi connectivity index (χ3v) is 6.37. The Morgan fingerprint density at radius 1 is 1.10 bits per heavy atom. The van der Waals surface area contributed by atoms with Gasteiger partial charge >= 0.3 is 6.09 Å². The molecule has 2 aliphatic rings. The topological polar surface area (TPSA) is 41.6 Å². The predicted octanol–water partition coefficient (Wildman–Crippen LogP) is 6.69. The number of allylic oxidation sites excluding steroid dienone is 4. The Balaban J connectivity index is 1.42. The van der Waals surface area contributed by atoms with Crippen LogP contribution in [0.25, 0.3) is 0 Å². The van der Waals surface area contributed by atoms with Crippen molar-refractivity contribution >= 4 is 11.8 Å². The van der Waals surface area contributed by atoms with Crippen LogP contribution in [0, 0.1) is 11.3 Å². The van der Waals surface area contributed by atoms with Crippen LogP contribution in [0.5, 0.6) is 0 Å². The quantitative estimate of drug-likeness (QED) is 0.590. The molecule has 0 aromatic heterocycles. The summed E-state index contributed by atoms with van der Waals surface area (Å²) in [6.45, 7) is 10.8. The number of nitrogens with zero attached hydrogens (tertiary/aromatic N) is 1. The SMILES string of the molecule is CC(C)c1ccc(NC(=O)OC2=CC=C3C(C2)C(C)(C)CN3Cc2ccccc2)cc1. The van der Waals surface area contributed by atoms with Gasteiger partial charge in [0, 0.05) is 36.8 Å². The fourth-order valence-electron chi connectivity index (χ4n) is 4.60. The molecule has 4 heteroatoms. The first-order valence-electron chi connectivity index (χ1n) is 11.1.